The van der Waals surface area contributed by atoms with Crippen LogP contribution in [-0.2, 0) is 14.8 Å². The molecule has 0 aromatic heterocycles. The van der Waals surface area contributed by atoms with Crippen molar-refractivity contribution in [1.29, 1.82) is 0 Å². The summed E-state index contributed by atoms with van der Waals surface area (Å²) in [5.41, 5.74) is 0.130. The highest BCUT2D eigenvalue weighted by atomic mass is 32.2. The van der Waals surface area contributed by atoms with Crippen LogP contribution in [0.1, 0.15) is 49.4 Å². The van der Waals surface area contributed by atoms with E-state index in [1.807, 2.05) is 0 Å². The lowest BCUT2D eigenvalue weighted by Crippen LogP contribution is -2.35. The molecule has 1 aromatic carbocycles. The van der Waals surface area contributed by atoms with Gasteiger partial charge in [-0.2, -0.15) is 4.31 Å². The average molecular weight is 398 g/mol. The van der Waals surface area contributed by atoms with Gasteiger partial charge in [0.2, 0.25) is 10.0 Å². The second kappa shape index (κ2) is 9.70. The highest BCUT2D eigenvalue weighted by Gasteiger charge is 2.27. The molecule has 0 aliphatic carbocycles. The van der Waals surface area contributed by atoms with Crippen LogP contribution in [0.3, 0.4) is 0 Å². The minimum Gasteiger partial charge on any atom is -0.493 e. The van der Waals surface area contributed by atoms with E-state index in [0.29, 0.717) is 25.4 Å². The minimum absolute atomic E-state index is 0.0536. The minimum atomic E-state index is -3.67. The maximum atomic E-state index is 12.9. The van der Waals surface area contributed by atoms with Crippen molar-refractivity contribution in [1.82, 2.24) is 9.62 Å². The van der Waals surface area contributed by atoms with Crippen molar-refractivity contribution < 1.29 is 27.9 Å². The lowest BCUT2D eigenvalue weighted by Gasteiger charge is -2.26. The third-order valence-corrected chi connectivity index (χ3v) is 6.20. The molecular weight excluding hydrogens is 372 g/mol. The molecular formula is C18H26N2O6S. The maximum Gasteiger partial charge on any atom is 0.303 e. The second-order valence-electron chi connectivity index (χ2n) is 6.31. The third kappa shape index (κ3) is 5.67. The normalized spacial score (nSPS) is 15.3. The lowest BCUT2D eigenvalue weighted by molar-refractivity contribution is -0.137. The van der Waals surface area contributed by atoms with Gasteiger partial charge in [-0.05, 0) is 44.4 Å². The van der Waals surface area contributed by atoms with Crippen LogP contribution in [0.4, 0.5) is 0 Å². The van der Waals surface area contributed by atoms with Crippen molar-refractivity contribution in [2.75, 3.05) is 26.2 Å². The molecule has 0 unspecified atom stereocenters. The van der Waals surface area contributed by atoms with Gasteiger partial charge in [0.15, 0.2) is 0 Å². The van der Waals surface area contributed by atoms with Gasteiger partial charge in [0.1, 0.15) is 5.75 Å². The lowest BCUT2D eigenvalue weighted by atomic mass is 10.2. The van der Waals surface area contributed by atoms with Gasteiger partial charge in [-0.15, -0.1) is 0 Å². The number of rotatable bonds is 9. The van der Waals surface area contributed by atoms with E-state index >= 15 is 0 Å². The van der Waals surface area contributed by atoms with Gasteiger partial charge in [0.05, 0.1) is 17.1 Å². The van der Waals surface area contributed by atoms with Crippen molar-refractivity contribution in [2.24, 2.45) is 0 Å². The summed E-state index contributed by atoms with van der Waals surface area (Å²) in [6, 6.07) is 4.28. The molecule has 1 fully saturated rings. The van der Waals surface area contributed by atoms with Crippen LogP contribution < -0.4 is 10.1 Å². The summed E-state index contributed by atoms with van der Waals surface area (Å²) in [6.45, 7) is 3.24. The number of nitrogens with zero attached hydrogens (tertiary/aromatic N) is 1. The molecule has 1 amide bonds. The number of carbonyl (C=O) groups excluding carboxylic acids is 1. The Hall–Kier alpha value is -2.13. The van der Waals surface area contributed by atoms with Crippen LogP contribution in [0.5, 0.6) is 5.75 Å². The van der Waals surface area contributed by atoms with E-state index in [1.165, 1.54) is 22.5 Å². The number of nitrogens with one attached hydrogen (secondary N) is 1. The van der Waals surface area contributed by atoms with Gasteiger partial charge in [-0.25, -0.2) is 8.42 Å². The smallest absolute Gasteiger partial charge is 0.303 e. The molecule has 1 aliphatic rings. The first-order valence-electron chi connectivity index (χ1n) is 9.13. The summed E-state index contributed by atoms with van der Waals surface area (Å²) >= 11 is 0. The van der Waals surface area contributed by atoms with Gasteiger partial charge in [0, 0.05) is 26.1 Å². The number of benzene rings is 1. The van der Waals surface area contributed by atoms with Crippen LogP contribution in [0.15, 0.2) is 23.1 Å². The van der Waals surface area contributed by atoms with Crippen molar-refractivity contribution in [3.05, 3.63) is 23.8 Å². The molecule has 0 atom stereocenters. The van der Waals surface area contributed by atoms with E-state index in [-0.39, 0.29) is 29.8 Å². The monoisotopic (exact) mass is 398 g/mol. The van der Waals surface area contributed by atoms with E-state index < -0.39 is 21.9 Å². The van der Waals surface area contributed by atoms with E-state index in [2.05, 4.69) is 5.32 Å². The Morgan fingerprint density at radius 2 is 1.93 bits per heavy atom. The van der Waals surface area contributed by atoms with Crippen LogP contribution in [0.2, 0.25) is 0 Å². The van der Waals surface area contributed by atoms with Gasteiger partial charge >= 0.3 is 5.97 Å². The first-order valence-corrected chi connectivity index (χ1v) is 10.6. The molecule has 0 radical (unpaired) electrons. The molecule has 1 aromatic rings. The zero-order chi connectivity index (χ0) is 19.9. The zero-order valence-electron chi connectivity index (χ0n) is 15.4. The molecule has 0 spiro atoms. The van der Waals surface area contributed by atoms with E-state index in [0.717, 1.165) is 19.3 Å². The Morgan fingerprint density at radius 1 is 1.22 bits per heavy atom. The summed E-state index contributed by atoms with van der Waals surface area (Å²) < 4.78 is 32.6. The number of hydrogen-bond acceptors (Lipinski definition) is 5. The number of hydrogen-bond donors (Lipinski definition) is 2. The SMILES string of the molecule is CCOc1ccc(S(=O)(=O)N2CCCCC2)cc1C(=O)NCCCC(=O)O. The van der Waals surface area contributed by atoms with Gasteiger partial charge < -0.3 is 15.2 Å². The summed E-state index contributed by atoms with van der Waals surface area (Å²) in [5, 5.41) is 11.3. The van der Waals surface area contributed by atoms with E-state index in [4.69, 9.17) is 9.84 Å². The fraction of sp³-hybridized carbons (Fsp3) is 0.556. The highest BCUT2D eigenvalue weighted by molar-refractivity contribution is 7.89. The molecule has 27 heavy (non-hydrogen) atoms. The number of piperidine rings is 1. The van der Waals surface area contributed by atoms with Gasteiger partial charge in [-0.3, -0.25) is 9.59 Å². The number of sulfonamides is 1. The van der Waals surface area contributed by atoms with E-state index in [1.54, 1.807) is 6.92 Å². The summed E-state index contributed by atoms with van der Waals surface area (Å²) in [5.74, 6) is -1.13. The Bertz CT molecular complexity index is 772. The van der Waals surface area contributed by atoms with Crippen molar-refractivity contribution >= 4 is 21.9 Å². The number of ether oxygens (including phenoxy) is 1. The van der Waals surface area contributed by atoms with Crippen LogP contribution >= 0.6 is 0 Å². The Morgan fingerprint density at radius 3 is 2.56 bits per heavy atom. The largest absolute Gasteiger partial charge is 0.493 e. The third-order valence-electron chi connectivity index (χ3n) is 4.30. The van der Waals surface area contributed by atoms with Gasteiger partial charge in [0.25, 0.3) is 5.91 Å². The Kier molecular flexibility index (Phi) is 7.61. The highest BCUT2D eigenvalue weighted by Crippen LogP contribution is 2.26. The van der Waals surface area contributed by atoms with Crippen LogP contribution in [0, 0.1) is 0 Å². The number of carboxylic acids is 1. The second-order valence-corrected chi connectivity index (χ2v) is 8.25. The van der Waals surface area contributed by atoms with Crippen molar-refractivity contribution in [3.63, 3.8) is 0 Å². The van der Waals surface area contributed by atoms with Crippen molar-refractivity contribution in [2.45, 2.75) is 43.9 Å². The Labute approximate surface area is 159 Å². The predicted octanol–water partition coefficient (Wildman–Crippen LogP) is 1.85. The molecule has 8 nitrogen and oxygen atoms in total. The molecule has 9 heteroatoms. The molecule has 150 valence electrons. The predicted molar refractivity (Wildman–Crippen MR) is 99.4 cm³/mol. The fourth-order valence-corrected chi connectivity index (χ4v) is 4.46. The first-order chi connectivity index (χ1) is 12.9. The quantitative estimate of drug-likeness (QED) is 0.614. The summed E-state index contributed by atoms with van der Waals surface area (Å²) in [4.78, 5) is 23.1. The standard InChI is InChI=1S/C18H26N2O6S/c1-2-26-16-9-8-14(27(24,25)20-11-4-3-5-12-20)13-15(16)18(23)19-10-6-7-17(21)22/h8-9,13H,2-7,10-12H2,1H3,(H,19,23)(H,21,22). The van der Waals surface area contributed by atoms with E-state index in [9.17, 15) is 18.0 Å². The van der Waals surface area contributed by atoms with Gasteiger partial charge in [-0.1, -0.05) is 6.42 Å². The van der Waals surface area contributed by atoms with Crippen LogP contribution in [-0.4, -0.2) is 55.9 Å². The molecule has 1 heterocycles. The molecule has 1 saturated heterocycles. The van der Waals surface area contributed by atoms with Crippen molar-refractivity contribution in [3.8, 4) is 5.75 Å². The first kappa shape index (κ1) is 21.2. The topological polar surface area (TPSA) is 113 Å². The summed E-state index contributed by atoms with van der Waals surface area (Å²) in [6.07, 6.45) is 2.90. The fourth-order valence-electron chi connectivity index (χ4n) is 2.92. The molecule has 1 aliphatic heterocycles. The molecule has 0 saturated carbocycles. The van der Waals surface area contributed by atoms with Crippen LogP contribution in [0.25, 0.3) is 0 Å². The summed E-state index contributed by atoms with van der Waals surface area (Å²) in [7, 11) is -3.67. The average Bonchev–Trinajstić information content (AvgIpc) is 2.66. The number of carbonyl (C=O) groups is 2. The Balaban J connectivity index is 2.22. The molecule has 2 N–H and O–H groups in total. The molecule has 2 rings (SSSR count). The zero-order valence-corrected chi connectivity index (χ0v) is 16.3. The number of carboxylic acid groups (broad SMARTS) is 1. The number of aliphatic carboxylic acids is 1. The maximum absolute atomic E-state index is 12.9. The molecule has 0 bridgehead atoms. The number of amides is 1.